The molecule has 2 saturated carbocycles. The highest BCUT2D eigenvalue weighted by Crippen LogP contribution is 2.28. The van der Waals surface area contributed by atoms with Crippen LogP contribution in [-0.2, 0) is 4.79 Å². The van der Waals surface area contributed by atoms with E-state index in [0.717, 1.165) is 36.6 Å². The number of fused-ring (bicyclic) bond motifs is 1. The van der Waals surface area contributed by atoms with E-state index in [1.807, 2.05) is 37.3 Å². The van der Waals surface area contributed by atoms with Crippen LogP contribution in [0.3, 0.4) is 0 Å². The average molecular weight is 412 g/mol. The zero-order valence-electron chi connectivity index (χ0n) is 16.9. The van der Waals surface area contributed by atoms with Gasteiger partial charge in [0.2, 0.25) is 5.91 Å². The van der Waals surface area contributed by atoms with E-state index in [2.05, 4.69) is 10.6 Å². The number of hydrogen-bond acceptors (Lipinski definition) is 4. The van der Waals surface area contributed by atoms with Crippen molar-refractivity contribution in [3.8, 4) is 0 Å². The number of carbonyl (C=O) groups is 2. The number of pyridine rings is 1. The lowest BCUT2D eigenvalue weighted by atomic mass is 10.1. The first-order valence-corrected chi connectivity index (χ1v) is 11.7. The summed E-state index contributed by atoms with van der Waals surface area (Å²) in [5.41, 5.74) is 1.43. The van der Waals surface area contributed by atoms with Crippen molar-refractivity contribution in [1.82, 2.24) is 15.6 Å². The molecular weight excluding hydrogens is 382 g/mol. The van der Waals surface area contributed by atoms with Gasteiger partial charge in [0.05, 0.1) is 21.4 Å². The van der Waals surface area contributed by atoms with Crippen LogP contribution in [0.1, 0.15) is 68.6 Å². The van der Waals surface area contributed by atoms with Crippen LogP contribution in [0.15, 0.2) is 35.4 Å². The van der Waals surface area contributed by atoms with Gasteiger partial charge in [-0.1, -0.05) is 55.6 Å². The lowest BCUT2D eigenvalue weighted by molar-refractivity contribution is -0.121. The van der Waals surface area contributed by atoms with Crippen molar-refractivity contribution in [1.29, 1.82) is 0 Å². The number of thioether (sulfide) groups is 1. The standard InChI is InChI=1S/C23H29N3O2S/c1-15(22(27)24-16-8-4-2-3-5-9-16)29-21-14-19(23(28)25-17-12-13-17)18-10-6-7-11-20(18)26-21/h6-7,10-11,14-17H,2-5,8-9,12-13H2,1H3,(H,24,27)(H,25,28). The van der Waals surface area contributed by atoms with Crippen molar-refractivity contribution in [2.75, 3.05) is 0 Å². The predicted octanol–water partition coefficient (Wildman–Crippen LogP) is 4.45. The van der Waals surface area contributed by atoms with Crippen LogP contribution < -0.4 is 10.6 Å². The van der Waals surface area contributed by atoms with Gasteiger partial charge >= 0.3 is 0 Å². The summed E-state index contributed by atoms with van der Waals surface area (Å²) in [5.74, 6) is 0.00403. The van der Waals surface area contributed by atoms with Crippen LogP contribution in [0.2, 0.25) is 0 Å². The van der Waals surface area contributed by atoms with Crippen molar-refractivity contribution < 1.29 is 9.59 Å². The third-order valence-corrected chi connectivity index (χ3v) is 6.74. The lowest BCUT2D eigenvalue weighted by Crippen LogP contribution is -2.39. The van der Waals surface area contributed by atoms with Crippen molar-refractivity contribution in [2.45, 2.75) is 80.6 Å². The van der Waals surface area contributed by atoms with Crippen LogP contribution in [0.4, 0.5) is 0 Å². The van der Waals surface area contributed by atoms with Crippen LogP contribution >= 0.6 is 11.8 Å². The number of hydrogen-bond donors (Lipinski definition) is 2. The number of amides is 2. The first kappa shape index (κ1) is 20.2. The van der Waals surface area contributed by atoms with Gasteiger partial charge in [0.1, 0.15) is 0 Å². The Kier molecular flexibility index (Phi) is 6.38. The molecule has 154 valence electrons. The van der Waals surface area contributed by atoms with Crippen molar-refractivity contribution in [3.63, 3.8) is 0 Å². The van der Waals surface area contributed by atoms with Crippen LogP contribution in [0.5, 0.6) is 0 Å². The number of nitrogens with zero attached hydrogens (tertiary/aromatic N) is 1. The molecule has 0 aliphatic heterocycles. The molecule has 2 amide bonds. The Balaban J connectivity index is 1.49. The topological polar surface area (TPSA) is 71.1 Å². The highest BCUT2D eigenvalue weighted by Gasteiger charge is 2.26. The normalized spacial score (nSPS) is 18.8. The van der Waals surface area contributed by atoms with E-state index < -0.39 is 0 Å². The molecule has 6 heteroatoms. The number of carbonyl (C=O) groups excluding carboxylic acids is 2. The molecule has 2 aliphatic carbocycles. The maximum atomic E-state index is 12.7. The fourth-order valence-electron chi connectivity index (χ4n) is 3.87. The molecule has 1 aromatic heterocycles. The molecule has 0 bridgehead atoms. The summed E-state index contributed by atoms with van der Waals surface area (Å²) in [6, 6.07) is 10.1. The van der Waals surface area contributed by atoms with Gasteiger partial charge in [0, 0.05) is 17.5 Å². The van der Waals surface area contributed by atoms with Gasteiger partial charge in [-0.25, -0.2) is 4.98 Å². The smallest absolute Gasteiger partial charge is 0.252 e. The van der Waals surface area contributed by atoms with Gasteiger partial charge in [0.25, 0.3) is 5.91 Å². The summed E-state index contributed by atoms with van der Waals surface area (Å²) in [5, 5.41) is 7.60. The second-order valence-electron chi connectivity index (χ2n) is 8.23. The van der Waals surface area contributed by atoms with Crippen molar-refractivity contribution in [2.24, 2.45) is 0 Å². The largest absolute Gasteiger partial charge is 0.352 e. The fraction of sp³-hybridized carbons (Fsp3) is 0.522. The third kappa shape index (κ3) is 5.30. The summed E-state index contributed by atoms with van der Waals surface area (Å²) < 4.78 is 0. The number of para-hydroxylation sites is 1. The minimum absolute atomic E-state index is 0.0523. The first-order chi connectivity index (χ1) is 14.1. The molecule has 2 aromatic rings. The summed E-state index contributed by atoms with van der Waals surface area (Å²) in [6.07, 6.45) is 9.16. The molecule has 0 spiro atoms. The number of aromatic nitrogens is 1. The Labute approximate surface area is 176 Å². The van der Waals surface area contributed by atoms with Gasteiger partial charge in [0.15, 0.2) is 0 Å². The molecule has 2 N–H and O–H groups in total. The molecule has 29 heavy (non-hydrogen) atoms. The van der Waals surface area contributed by atoms with E-state index in [1.165, 1.54) is 37.4 Å². The highest BCUT2D eigenvalue weighted by molar-refractivity contribution is 8.00. The van der Waals surface area contributed by atoms with E-state index in [1.54, 1.807) is 0 Å². The number of rotatable bonds is 6. The SMILES string of the molecule is CC(Sc1cc(C(=O)NC2CC2)c2ccccc2n1)C(=O)NC1CCCCCC1. The summed E-state index contributed by atoms with van der Waals surface area (Å²) in [6.45, 7) is 1.91. The Bertz CT molecular complexity index is 889. The molecule has 1 unspecified atom stereocenters. The second kappa shape index (κ2) is 9.16. The molecule has 0 radical (unpaired) electrons. The van der Waals surface area contributed by atoms with Gasteiger partial charge in [-0.15, -0.1) is 0 Å². The van der Waals surface area contributed by atoms with Crippen LogP contribution in [0, 0.1) is 0 Å². The Morgan fingerprint density at radius 3 is 2.41 bits per heavy atom. The molecule has 4 rings (SSSR count). The van der Waals surface area contributed by atoms with Gasteiger partial charge < -0.3 is 10.6 Å². The van der Waals surface area contributed by atoms with Gasteiger partial charge in [-0.05, 0) is 44.7 Å². The Morgan fingerprint density at radius 1 is 1.00 bits per heavy atom. The maximum absolute atomic E-state index is 12.7. The summed E-state index contributed by atoms with van der Waals surface area (Å²) in [7, 11) is 0. The Morgan fingerprint density at radius 2 is 1.69 bits per heavy atom. The van der Waals surface area contributed by atoms with E-state index in [-0.39, 0.29) is 23.1 Å². The molecule has 1 aromatic carbocycles. The summed E-state index contributed by atoms with van der Waals surface area (Å²) in [4.78, 5) is 30.2. The molecule has 2 fully saturated rings. The van der Waals surface area contributed by atoms with Gasteiger partial charge in [-0.3, -0.25) is 9.59 Å². The molecule has 5 nitrogen and oxygen atoms in total. The van der Waals surface area contributed by atoms with E-state index >= 15 is 0 Å². The average Bonchev–Trinajstić information content (AvgIpc) is 3.55. The number of benzene rings is 1. The minimum Gasteiger partial charge on any atom is -0.352 e. The minimum atomic E-state index is -0.258. The van der Waals surface area contributed by atoms with E-state index in [9.17, 15) is 9.59 Å². The highest BCUT2D eigenvalue weighted by atomic mass is 32.2. The maximum Gasteiger partial charge on any atom is 0.252 e. The van der Waals surface area contributed by atoms with E-state index in [4.69, 9.17) is 4.98 Å². The third-order valence-electron chi connectivity index (χ3n) is 5.72. The number of nitrogens with one attached hydrogen (secondary N) is 2. The van der Waals surface area contributed by atoms with Crippen LogP contribution in [-0.4, -0.2) is 34.1 Å². The van der Waals surface area contributed by atoms with E-state index in [0.29, 0.717) is 16.6 Å². The van der Waals surface area contributed by atoms with Crippen LogP contribution in [0.25, 0.3) is 10.9 Å². The molecule has 1 heterocycles. The summed E-state index contributed by atoms with van der Waals surface area (Å²) >= 11 is 1.42. The predicted molar refractivity (Wildman–Crippen MR) is 117 cm³/mol. The molecule has 1 atom stereocenters. The van der Waals surface area contributed by atoms with Crippen molar-refractivity contribution >= 4 is 34.5 Å². The van der Waals surface area contributed by atoms with Gasteiger partial charge in [-0.2, -0.15) is 0 Å². The molecule has 2 aliphatic rings. The monoisotopic (exact) mass is 411 g/mol. The lowest BCUT2D eigenvalue weighted by Gasteiger charge is -2.19. The molecular formula is C23H29N3O2S. The second-order valence-corrected chi connectivity index (χ2v) is 9.59. The van der Waals surface area contributed by atoms with Crippen molar-refractivity contribution in [3.05, 3.63) is 35.9 Å². The zero-order valence-corrected chi connectivity index (χ0v) is 17.8. The Hall–Kier alpha value is -2.08. The first-order valence-electron chi connectivity index (χ1n) is 10.8. The zero-order chi connectivity index (χ0) is 20.2. The fourth-order valence-corrected chi connectivity index (χ4v) is 4.74. The molecule has 0 saturated heterocycles. The quantitative estimate of drug-likeness (QED) is 0.544.